The van der Waals surface area contributed by atoms with Gasteiger partial charge in [-0.1, -0.05) is 24.8 Å². The molecule has 0 radical (unpaired) electrons. The third kappa shape index (κ3) is 1.91. The van der Waals surface area contributed by atoms with Crippen LogP contribution in [0.1, 0.15) is 5.56 Å². The summed E-state index contributed by atoms with van der Waals surface area (Å²) < 4.78 is 5.56. The lowest BCUT2D eigenvalue weighted by Crippen LogP contribution is -1.94. The predicted molar refractivity (Wildman–Crippen MR) is 56.0 cm³/mol. The van der Waals surface area contributed by atoms with E-state index in [4.69, 9.17) is 4.74 Å². The second kappa shape index (κ2) is 3.92. The zero-order valence-electron chi connectivity index (χ0n) is 7.81. The van der Waals surface area contributed by atoms with E-state index in [0.717, 1.165) is 17.7 Å². The summed E-state index contributed by atoms with van der Waals surface area (Å²) >= 11 is 0. The topological polar surface area (TPSA) is 22.1 Å². The fourth-order valence-electron chi connectivity index (χ4n) is 1.28. The van der Waals surface area contributed by atoms with Crippen LogP contribution in [0.15, 0.2) is 55.1 Å². The first-order valence-electron chi connectivity index (χ1n) is 4.49. The third-order valence-electron chi connectivity index (χ3n) is 1.97. The SMILES string of the molecule is C=C1/C=C\C=C/Cc2cnccc2O1. The van der Waals surface area contributed by atoms with Gasteiger partial charge in [0.2, 0.25) is 0 Å². The van der Waals surface area contributed by atoms with Gasteiger partial charge in [0.1, 0.15) is 11.5 Å². The number of pyridine rings is 1. The molecule has 0 saturated heterocycles. The molecule has 1 aliphatic rings. The molecule has 70 valence electrons. The van der Waals surface area contributed by atoms with E-state index in [1.165, 1.54) is 0 Å². The van der Waals surface area contributed by atoms with Gasteiger partial charge in [-0.25, -0.2) is 0 Å². The van der Waals surface area contributed by atoms with E-state index >= 15 is 0 Å². The summed E-state index contributed by atoms with van der Waals surface area (Å²) in [5.41, 5.74) is 1.08. The number of rotatable bonds is 0. The van der Waals surface area contributed by atoms with Crippen molar-refractivity contribution >= 4 is 0 Å². The van der Waals surface area contributed by atoms with E-state index in [-0.39, 0.29) is 0 Å². The molecule has 0 aromatic carbocycles. The van der Waals surface area contributed by atoms with Gasteiger partial charge in [0, 0.05) is 18.0 Å². The van der Waals surface area contributed by atoms with Crippen molar-refractivity contribution < 1.29 is 4.74 Å². The quantitative estimate of drug-likeness (QED) is 0.620. The molecule has 0 saturated carbocycles. The molecule has 0 spiro atoms. The van der Waals surface area contributed by atoms with Crippen LogP contribution < -0.4 is 4.74 Å². The highest BCUT2D eigenvalue weighted by atomic mass is 16.5. The summed E-state index contributed by atoms with van der Waals surface area (Å²) in [6.07, 6.45) is 12.2. The first-order valence-corrected chi connectivity index (χ1v) is 4.49. The zero-order chi connectivity index (χ0) is 9.80. The van der Waals surface area contributed by atoms with Crippen LogP contribution in [0.4, 0.5) is 0 Å². The Hall–Kier alpha value is -1.83. The average molecular weight is 185 g/mol. The summed E-state index contributed by atoms with van der Waals surface area (Å²) in [6.45, 7) is 3.79. The Kier molecular flexibility index (Phi) is 2.45. The third-order valence-corrected chi connectivity index (χ3v) is 1.97. The van der Waals surface area contributed by atoms with Crippen LogP contribution in [0.25, 0.3) is 0 Å². The van der Waals surface area contributed by atoms with Crippen molar-refractivity contribution in [2.75, 3.05) is 0 Å². The first-order chi connectivity index (χ1) is 6.86. The van der Waals surface area contributed by atoms with E-state index in [9.17, 15) is 0 Å². The number of allylic oxidation sites excluding steroid dienone is 4. The maximum absolute atomic E-state index is 5.56. The van der Waals surface area contributed by atoms with Crippen molar-refractivity contribution in [2.45, 2.75) is 6.42 Å². The molecule has 1 aliphatic heterocycles. The Morgan fingerprint density at radius 1 is 1.36 bits per heavy atom. The van der Waals surface area contributed by atoms with Crippen molar-refractivity contribution in [1.29, 1.82) is 0 Å². The van der Waals surface area contributed by atoms with Crippen LogP contribution in [0.3, 0.4) is 0 Å². The van der Waals surface area contributed by atoms with Crippen molar-refractivity contribution in [1.82, 2.24) is 4.98 Å². The van der Waals surface area contributed by atoms with E-state index in [1.807, 2.05) is 30.5 Å². The average Bonchev–Trinajstić information content (AvgIpc) is 2.27. The van der Waals surface area contributed by atoms with Crippen LogP contribution in [-0.4, -0.2) is 4.98 Å². The Balaban J connectivity index is 2.39. The summed E-state index contributed by atoms with van der Waals surface area (Å²) in [5.74, 6) is 1.48. The lowest BCUT2D eigenvalue weighted by molar-refractivity contribution is 0.442. The predicted octanol–water partition coefficient (Wildman–Crippen LogP) is 2.64. The molecule has 0 unspecified atom stereocenters. The Morgan fingerprint density at radius 2 is 2.29 bits per heavy atom. The molecule has 0 aliphatic carbocycles. The van der Waals surface area contributed by atoms with Crippen molar-refractivity contribution in [2.24, 2.45) is 0 Å². The van der Waals surface area contributed by atoms with Crippen LogP contribution in [0.5, 0.6) is 5.75 Å². The lowest BCUT2D eigenvalue weighted by atomic mass is 10.2. The molecular formula is C12H11NO. The largest absolute Gasteiger partial charge is 0.458 e. The van der Waals surface area contributed by atoms with Crippen LogP contribution in [-0.2, 0) is 6.42 Å². The molecule has 2 nitrogen and oxygen atoms in total. The highest BCUT2D eigenvalue weighted by Gasteiger charge is 2.03. The number of hydrogen-bond donors (Lipinski definition) is 0. The minimum atomic E-state index is 0.643. The molecule has 2 heteroatoms. The van der Waals surface area contributed by atoms with Crippen molar-refractivity contribution in [3.8, 4) is 5.75 Å². The maximum Gasteiger partial charge on any atom is 0.133 e. The Bertz CT molecular complexity index is 405. The fourth-order valence-corrected chi connectivity index (χ4v) is 1.28. The van der Waals surface area contributed by atoms with Gasteiger partial charge in [0.15, 0.2) is 0 Å². The number of fused-ring (bicyclic) bond motifs is 1. The molecule has 14 heavy (non-hydrogen) atoms. The molecule has 0 amide bonds. The Morgan fingerprint density at radius 3 is 3.21 bits per heavy atom. The molecule has 2 rings (SSSR count). The summed E-state index contributed by atoms with van der Waals surface area (Å²) in [7, 11) is 0. The highest BCUT2D eigenvalue weighted by Crippen LogP contribution is 2.20. The van der Waals surface area contributed by atoms with Gasteiger partial charge in [-0.15, -0.1) is 0 Å². The smallest absolute Gasteiger partial charge is 0.133 e. The summed E-state index contributed by atoms with van der Waals surface area (Å²) in [6, 6.07) is 1.85. The monoisotopic (exact) mass is 185 g/mol. The van der Waals surface area contributed by atoms with Crippen LogP contribution in [0, 0.1) is 0 Å². The van der Waals surface area contributed by atoms with E-state index in [2.05, 4.69) is 17.6 Å². The van der Waals surface area contributed by atoms with Gasteiger partial charge in [0.05, 0.1) is 0 Å². The van der Waals surface area contributed by atoms with Gasteiger partial charge < -0.3 is 4.74 Å². The van der Waals surface area contributed by atoms with Gasteiger partial charge in [-0.05, 0) is 18.6 Å². The van der Waals surface area contributed by atoms with Crippen molar-refractivity contribution in [3.63, 3.8) is 0 Å². The lowest BCUT2D eigenvalue weighted by Gasteiger charge is -2.07. The summed E-state index contributed by atoms with van der Waals surface area (Å²) in [5, 5.41) is 0. The maximum atomic E-state index is 5.56. The first kappa shape index (κ1) is 8.75. The molecule has 1 aromatic heterocycles. The minimum absolute atomic E-state index is 0.643. The van der Waals surface area contributed by atoms with Crippen LogP contribution >= 0.6 is 0 Å². The Labute approximate surface area is 83.2 Å². The molecule has 2 heterocycles. The summed E-state index contributed by atoms with van der Waals surface area (Å²) in [4.78, 5) is 4.06. The molecule has 0 fully saturated rings. The number of nitrogens with zero attached hydrogens (tertiary/aromatic N) is 1. The molecule has 0 bridgehead atoms. The molecule has 0 atom stereocenters. The molecular weight excluding hydrogens is 174 g/mol. The van der Waals surface area contributed by atoms with Gasteiger partial charge in [-0.3, -0.25) is 4.98 Å². The van der Waals surface area contributed by atoms with E-state index in [1.54, 1.807) is 6.20 Å². The van der Waals surface area contributed by atoms with Crippen molar-refractivity contribution in [3.05, 3.63) is 60.7 Å². The van der Waals surface area contributed by atoms with Gasteiger partial charge in [0.25, 0.3) is 0 Å². The number of ether oxygens (including phenoxy) is 1. The van der Waals surface area contributed by atoms with E-state index < -0.39 is 0 Å². The standard InChI is InChI=1S/C12H11NO/c1-10-5-3-2-4-6-11-9-13-8-7-12(11)14-10/h2-5,7-9H,1,6H2/b4-2-,5-3-. The highest BCUT2D eigenvalue weighted by molar-refractivity contribution is 5.35. The molecule has 0 N–H and O–H groups in total. The zero-order valence-corrected chi connectivity index (χ0v) is 7.81. The van der Waals surface area contributed by atoms with E-state index in [0.29, 0.717) is 5.76 Å². The fraction of sp³-hybridized carbons (Fsp3) is 0.0833. The normalized spacial score (nSPS) is 19.6. The van der Waals surface area contributed by atoms with Gasteiger partial charge in [-0.2, -0.15) is 0 Å². The second-order valence-corrected chi connectivity index (χ2v) is 3.04. The number of aromatic nitrogens is 1. The van der Waals surface area contributed by atoms with Gasteiger partial charge >= 0.3 is 0 Å². The van der Waals surface area contributed by atoms with Crippen LogP contribution in [0.2, 0.25) is 0 Å². The second-order valence-electron chi connectivity index (χ2n) is 3.04. The number of hydrogen-bond acceptors (Lipinski definition) is 2. The molecule has 1 aromatic rings. The minimum Gasteiger partial charge on any atom is -0.458 e.